The number of thiophene rings is 1. The van der Waals surface area contributed by atoms with Gasteiger partial charge < -0.3 is 3.07 Å². The Balaban J connectivity index is 1.97. The summed E-state index contributed by atoms with van der Waals surface area (Å²) >= 11 is 3.29. The first-order chi connectivity index (χ1) is 14.4. The van der Waals surface area contributed by atoms with E-state index in [0.717, 1.165) is 38.7 Å². The molecule has 154 valence electrons. The molecule has 0 saturated heterocycles. The highest BCUT2D eigenvalue weighted by Gasteiger charge is 2.56. The Morgan fingerprint density at radius 3 is 2.53 bits per heavy atom. The van der Waals surface area contributed by atoms with Gasteiger partial charge in [0.25, 0.3) is 0 Å². The number of aryl methyl sites for hydroxylation is 1. The van der Waals surface area contributed by atoms with Gasteiger partial charge in [-0.15, -0.1) is 18.5 Å². The molecule has 3 aromatic rings. The van der Waals surface area contributed by atoms with Crippen LogP contribution in [0.2, 0.25) is 0 Å². The van der Waals surface area contributed by atoms with Gasteiger partial charge in [-0.25, -0.2) is 9.80 Å². The van der Waals surface area contributed by atoms with E-state index in [1.807, 2.05) is 48.5 Å². The summed E-state index contributed by atoms with van der Waals surface area (Å²) in [7, 11) is 5.47. The Hall–Kier alpha value is -1.33. The van der Waals surface area contributed by atoms with Crippen molar-refractivity contribution in [2.45, 2.75) is 25.3 Å². The minimum Gasteiger partial charge on any atom is -0.393 e. The number of halogens is 1. The molecule has 0 bridgehead atoms. The maximum absolute atomic E-state index is 13.3. The fourth-order valence-electron chi connectivity index (χ4n) is 3.91. The minimum atomic E-state index is -1.03. The minimum absolute atomic E-state index is 0.271. The second-order valence-corrected chi connectivity index (χ2v) is 9.99. The molecule has 1 aromatic heterocycles. The van der Waals surface area contributed by atoms with Gasteiger partial charge in [0, 0.05) is 0 Å². The lowest BCUT2D eigenvalue weighted by Gasteiger charge is -2.36. The van der Waals surface area contributed by atoms with Crippen LogP contribution in [0.15, 0.2) is 64.4 Å². The van der Waals surface area contributed by atoms with E-state index in [1.54, 1.807) is 34.3 Å². The molecular weight excluding hydrogens is 545 g/mol. The lowest BCUT2D eigenvalue weighted by atomic mass is 9.77. The van der Waals surface area contributed by atoms with Crippen molar-refractivity contribution in [3.63, 3.8) is 0 Å². The summed E-state index contributed by atoms with van der Waals surface area (Å²) in [6.07, 6.45) is 0. The highest BCUT2D eigenvalue weighted by atomic mass is 127. The van der Waals surface area contributed by atoms with Crippen LogP contribution in [0, 0.1) is 6.92 Å². The molecule has 4 unspecified atom stereocenters. The van der Waals surface area contributed by atoms with Crippen LogP contribution in [0.1, 0.15) is 29.5 Å². The molecule has 0 spiro atoms. The predicted octanol–water partition coefficient (Wildman–Crippen LogP) is 4.72. The van der Waals surface area contributed by atoms with E-state index in [4.69, 9.17) is 8.17 Å². The largest absolute Gasteiger partial charge is 0.393 e. The van der Waals surface area contributed by atoms with Crippen molar-refractivity contribution in [3.05, 3.63) is 76.0 Å². The molecular formula is C22H21IN2O2P2S. The van der Waals surface area contributed by atoms with Gasteiger partial charge in [-0.05, 0) is 64.5 Å². The zero-order valence-electron chi connectivity index (χ0n) is 16.5. The molecule has 8 heteroatoms. The van der Waals surface area contributed by atoms with Gasteiger partial charge in [-0.3, -0.25) is 0 Å². The van der Waals surface area contributed by atoms with Crippen LogP contribution in [-0.2, 0) is 7.86 Å². The maximum atomic E-state index is 13.3. The standard InChI is InChI=1S/C22H21IN2O2P2S/c1-13-3-8-17(18(29)11-13)25-22(2,21(26)27-23)19(15-9-10-30-12-15)20(24-25)14-4-6-16(28)7-5-14/h3-12,19H,28-29H2,1-2H3. The highest BCUT2D eigenvalue weighted by Crippen LogP contribution is 2.46. The number of nitrogens with zero attached hydrogens (tertiary/aromatic N) is 2. The average molecular weight is 566 g/mol. The summed E-state index contributed by atoms with van der Waals surface area (Å²) in [5.41, 5.74) is 3.89. The highest BCUT2D eigenvalue weighted by molar-refractivity contribution is 14.1. The van der Waals surface area contributed by atoms with E-state index in [1.165, 1.54) is 0 Å². The number of rotatable bonds is 4. The number of carbonyl (C=O) groups is 1. The zero-order valence-corrected chi connectivity index (χ0v) is 21.8. The van der Waals surface area contributed by atoms with Gasteiger partial charge >= 0.3 is 5.97 Å². The summed E-state index contributed by atoms with van der Waals surface area (Å²) in [6.45, 7) is 3.97. The molecule has 1 aliphatic heterocycles. The molecule has 4 nitrogen and oxygen atoms in total. The van der Waals surface area contributed by atoms with Crippen molar-refractivity contribution in [3.8, 4) is 0 Å². The van der Waals surface area contributed by atoms with Crippen LogP contribution in [0.25, 0.3) is 0 Å². The third-order valence-electron chi connectivity index (χ3n) is 5.46. The number of hydrogen-bond donors (Lipinski definition) is 0. The second kappa shape index (κ2) is 8.66. The van der Waals surface area contributed by atoms with Crippen LogP contribution in [-0.4, -0.2) is 17.2 Å². The first kappa shape index (κ1) is 21.9. The topological polar surface area (TPSA) is 41.9 Å². The van der Waals surface area contributed by atoms with Crippen LogP contribution in [0.3, 0.4) is 0 Å². The van der Waals surface area contributed by atoms with Crippen molar-refractivity contribution >= 4 is 80.8 Å². The van der Waals surface area contributed by atoms with Gasteiger partial charge in [0.05, 0.1) is 17.3 Å². The van der Waals surface area contributed by atoms with Gasteiger partial charge in [0.15, 0.2) is 28.5 Å². The van der Waals surface area contributed by atoms with Crippen LogP contribution >= 0.6 is 52.8 Å². The van der Waals surface area contributed by atoms with Crippen LogP contribution in [0.5, 0.6) is 0 Å². The number of benzene rings is 2. The van der Waals surface area contributed by atoms with E-state index >= 15 is 0 Å². The zero-order chi connectivity index (χ0) is 21.5. The predicted molar refractivity (Wildman–Crippen MR) is 141 cm³/mol. The Labute approximate surface area is 199 Å². The fourth-order valence-corrected chi connectivity index (χ4v) is 5.72. The van der Waals surface area contributed by atoms with Crippen molar-refractivity contribution < 1.29 is 7.86 Å². The molecule has 2 heterocycles. The first-order valence-electron chi connectivity index (χ1n) is 9.32. The lowest BCUT2D eigenvalue weighted by Crippen LogP contribution is -2.52. The monoisotopic (exact) mass is 566 g/mol. The normalized spacial score (nSPS) is 20.9. The van der Waals surface area contributed by atoms with Crippen LogP contribution < -0.4 is 15.6 Å². The maximum Gasteiger partial charge on any atom is 0.344 e. The van der Waals surface area contributed by atoms with E-state index in [-0.39, 0.29) is 11.9 Å². The molecule has 2 aromatic carbocycles. The second-order valence-electron chi connectivity index (χ2n) is 7.48. The third kappa shape index (κ3) is 3.73. The summed E-state index contributed by atoms with van der Waals surface area (Å²) in [4.78, 5) is 13.3. The molecule has 4 rings (SSSR count). The molecule has 4 atom stereocenters. The number of anilines is 1. The van der Waals surface area contributed by atoms with Crippen molar-refractivity contribution in [1.29, 1.82) is 0 Å². The van der Waals surface area contributed by atoms with Gasteiger partial charge in [-0.1, -0.05) is 35.9 Å². The molecule has 0 aliphatic carbocycles. The number of hydrazone groups is 1. The van der Waals surface area contributed by atoms with Gasteiger partial charge in [0.1, 0.15) is 0 Å². The van der Waals surface area contributed by atoms with Crippen molar-refractivity contribution in [2.24, 2.45) is 5.10 Å². The smallest absolute Gasteiger partial charge is 0.344 e. The SMILES string of the molecule is Cc1ccc(N2N=C(c3ccc(P)cc3)C(c3ccsc3)C2(C)C(=O)OI)c(P)c1. The van der Waals surface area contributed by atoms with E-state index in [9.17, 15) is 4.79 Å². The Morgan fingerprint density at radius 1 is 1.20 bits per heavy atom. The quantitative estimate of drug-likeness (QED) is 0.340. The van der Waals surface area contributed by atoms with Crippen LogP contribution in [0.4, 0.5) is 5.69 Å². The Bertz CT molecular complexity index is 1120. The Morgan fingerprint density at radius 2 is 1.93 bits per heavy atom. The molecule has 0 amide bonds. The molecule has 1 aliphatic rings. The summed E-state index contributed by atoms with van der Waals surface area (Å²) in [5, 5.41) is 13.1. The molecule has 30 heavy (non-hydrogen) atoms. The lowest BCUT2D eigenvalue weighted by molar-refractivity contribution is -0.136. The van der Waals surface area contributed by atoms with Gasteiger partial charge in [-0.2, -0.15) is 16.4 Å². The van der Waals surface area contributed by atoms with Crippen molar-refractivity contribution in [2.75, 3.05) is 5.01 Å². The van der Waals surface area contributed by atoms with E-state index < -0.39 is 5.54 Å². The molecule has 0 N–H and O–H groups in total. The first-order valence-corrected chi connectivity index (χ1v) is 12.3. The average Bonchev–Trinajstić information content (AvgIpc) is 3.35. The summed E-state index contributed by atoms with van der Waals surface area (Å²) < 4.78 is 5.29. The molecule has 0 saturated carbocycles. The third-order valence-corrected chi connectivity index (χ3v) is 7.41. The molecule has 0 fully saturated rings. The number of carbonyl (C=O) groups excluding carboxylic acids is 1. The van der Waals surface area contributed by atoms with E-state index in [2.05, 4.69) is 48.1 Å². The molecule has 0 radical (unpaired) electrons. The summed E-state index contributed by atoms with van der Waals surface area (Å²) in [6, 6.07) is 16.4. The van der Waals surface area contributed by atoms with Gasteiger partial charge in [0.2, 0.25) is 0 Å². The Kier molecular flexibility index (Phi) is 6.32. The summed E-state index contributed by atoms with van der Waals surface area (Å²) in [5.74, 6) is -0.599. The number of hydrogen-bond acceptors (Lipinski definition) is 5. The fraction of sp³-hybridized carbons (Fsp3) is 0.182. The van der Waals surface area contributed by atoms with Crippen molar-refractivity contribution in [1.82, 2.24) is 0 Å². The van der Waals surface area contributed by atoms with E-state index in [0.29, 0.717) is 0 Å².